The summed E-state index contributed by atoms with van der Waals surface area (Å²) in [4.78, 5) is 23.6. The summed E-state index contributed by atoms with van der Waals surface area (Å²) < 4.78 is 0. The van der Waals surface area contributed by atoms with E-state index in [-0.39, 0.29) is 6.04 Å². The highest BCUT2D eigenvalue weighted by molar-refractivity contribution is 6.35. The minimum Gasteiger partial charge on any atom is -0.348 e. The van der Waals surface area contributed by atoms with Crippen molar-refractivity contribution in [1.29, 1.82) is 0 Å². The number of amides is 2. The third-order valence-electron chi connectivity index (χ3n) is 4.70. The van der Waals surface area contributed by atoms with Gasteiger partial charge in [-0.05, 0) is 25.2 Å². The molecule has 0 spiro atoms. The van der Waals surface area contributed by atoms with E-state index in [2.05, 4.69) is 24.5 Å². The number of unbranched alkanes of at least 4 members (excludes halogenated alkanes) is 6. The highest BCUT2D eigenvalue weighted by Gasteiger charge is 2.25. The predicted octanol–water partition coefficient (Wildman–Crippen LogP) is 3.55. The first-order valence-corrected chi connectivity index (χ1v) is 9.23. The molecule has 1 aliphatic rings. The number of rotatable bonds is 9. The molecule has 0 unspecified atom stereocenters. The zero-order chi connectivity index (χ0) is 16.2. The summed E-state index contributed by atoms with van der Waals surface area (Å²) in [6.07, 6.45) is 13.0. The molecule has 0 heterocycles. The van der Waals surface area contributed by atoms with E-state index < -0.39 is 11.8 Å². The van der Waals surface area contributed by atoms with Gasteiger partial charge in [-0.15, -0.1) is 0 Å². The van der Waals surface area contributed by atoms with Crippen molar-refractivity contribution >= 4 is 11.8 Å². The lowest BCUT2D eigenvalue weighted by atomic mass is 9.86. The van der Waals surface area contributed by atoms with Gasteiger partial charge in [0.2, 0.25) is 0 Å². The molecule has 0 aromatic rings. The van der Waals surface area contributed by atoms with E-state index >= 15 is 0 Å². The second-order valence-corrected chi connectivity index (χ2v) is 6.72. The number of hydrogen-bond donors (Lipinski definition) is 2. The highest BCUT2D eigenvalue weighted by Crippen LogP contribution is 2.23. The Morgan fingerprint density at radius 3 is 2.23 bits per heavy atom. The minimum atomic E-state index is -0.469. The van der Waals surface area contributed by atoms with E-state index in [0.29, 0.717) is 12.5 Å². The molecule has 0 saturated heterocycles. The molecule has 22 heavy (non-hydrogen) atoms. The van der Waals surface area contributed by atoms with E-state index in [1.807, 2.05) is 0 Å². The summed E-state index contributed by atoms with van der Waals surface area (Å²) in [5, 5.41) is 5.63. The van der Waals surface area contributed by atoms with Crippen molar-refractivity contribution in [2.45, 2.75) is 90.5 Å². The van der Waals surface area contributed by atoms with Crippen LogP contribution >= 0.6 is 0 Å². The van der Waals surface area contributed by atoms with E-state index in [1.54, 1.807) is 0 Å². The first-order valence-electron chi connectivity index (χ1n) is 9.23. The fourth-order valence-electron chi connectivity index (χ4n) is 3.13. The van der Waals surface area contributed by atoms with Crippen LogP contribution < -0.4 is 10.6 Å². The topological polar surface area (TPSA) is 58.2 Å². The van der Waals surface area contributed by atoms with Crippen LogP contribution in [0, 0.1) is 5.92 Å². The van der Waals surface area contributed by atoms with Crippen LogP contribution in [0.3, 0.4) is 0 Å². The number of nitrogens with one attached hydrogen (secondary N) is 2. The summed E-state index contributed by atoms with van der Waals surface area (Å²) in [5.41, 5.74) is 0. The van der Waals surface area contributed by atoms with E-state index in [1.165, 1.54) is 38.5 Å². The van der Waals surface area contributed by atoms with Gasteiger partial charge in [-0.25, -0.2) is 0 Å². The molecule has 1 aliphatic carbocycles. The normalized spacial score (nSPS) is 21.4. The Labute approximate surface area is 135 Å². The van der Waals surface area contributed by atoms with Gasteiger partial charge in [0, 0.05) is 12.6 Å². The van der Waals surface area contributed by atoms with Crippen LogP contribution in [0.4, 0.5) is 0 Å². The summed E-state index contributed by atoms with van der Waals surface area (Å²) >= 11 is 0. The number of hydrogen-bond acceptors (Lipinski definition) is 2. The third-order valence-corrected chi connectivity index (χ3v) is 4.70. The van der Waals surface area contributed by atoms with Crippen LogP contribution in [0.5, 0.6) is 0 Å². The first kappa shape index (κ1) is 19.0. The molecule has 0 aliphatic heterocycles. The minimum absolute atomic E-state index is 0.172. The van der Waals surface area contributed by atoms with Gasteiger partial charge in [-0.3, -0.25) is 9.59 Å². The van der Waals surface area contributed by atoms with Gasteiger partial charge >= 0.3 is 11.8 Å². The fourth-order valence-corrected chi connectivity index (χ4v) is 3.13. The molecular formula is C18H34N2O2. The van der Waals surface area contributed by atoms with Crippen molar-refractivity contribution in [1.82, 2.24) is 10.6 Å². The molecule has 4 heteroatoms. The van der Waals surface area contributed by atoms with Crippen molar-refractivity contribution in [2.75, 3.05) is 6.54 Å². The lowest BCUT2D eigenvalue weighted by Crippen LogP contribution is -2.47. The standard InChI is InChI=1S/C18H34N2O2/c1-3-4-5-6-7-8-11-14-19-17(21)18(22)20-16-13-10-9-12-15(16)2/h15-16H,3-14H2,1-2H3,(H,19,21)(H,20,22)/t15-,16+/m0/s1. The summed E-state index contributed by atoms with van der Waals surface area (Å²) in [6, 6.07) is 0.172. The average molecular weight is 310 g/mol. The van der Waals surface area contributed by atoms with Gasteiger partial charge in [0.15, 0.2) is 0 Å². The quantitative estimate of drug-likeness (QED) is 0.505. The summed E-state index contributed by atoms with van der Waals surface area (Å²) in [7, 11) is 0. The first-order chi connectivity index (χ1) is 10.6. The predicted molar refractivity (Wildman–Crippen MR) is 90.6 cm³/mol. The van der Waals surface area contributed by atoms with Crippen molar-refractivity contribution in [3.8, 4) is 0 Å². The van der Waals surface area contributed by atoms with Crippen LogP contribution in [0.15, 0.2) is 0 Å². The molecule has 0 aromatic carbocycles. The van der Waals surface area contributed by atoms with Crippen LogP contribution in [0.1, 0.15) is 84.5 Å². The van der Waals surface area contributed by atoms with Gasteiger partial charge in [0.05, 0.1) is 0 Å². The Morgan fingerprint density at radius 1 is 0.909 bits per heavy atom. The van der Waals surface area contributed by atoms with Gasteiger partial charge in [0.1, 0.15) is 0 Å². The Hall–Kier alpha value is -1.06. The van der Waals surface area contributed by atoms with E-state index in [4.69, 9.17) is 0 Å². The molecule has 1 fully saturated rings. The molecule has 0 bridgehead atoms. The summed E-state index contributed by atoms with van der Waals surface area (Å²) in [6.45, 7) is 4.98. The van der Waals surface area contributed by atoms with Crippen molar-refractivity contribution in [3.05, 3.63) is 0 Å². The molecule has 1 rings (SSSR count). The molecule has 2 atom stereocenters. The molecule has 2 amide bonds. The van der Waals surface area contributed by atoms with E-state index in [9.17, 15) is 9.59 Å². The summed E-state index contributed by atoms with van der Waals surface area (Å²) in [5.74, 6) is -0.445. The van der Waals surface area contributed by atoms with Crippen molar-refractivity contribution < 1.29 is 9.59 Å². The number of carbonyl (C=O) groups excluding carboxylic acids is 2. The molecular weight excluding hydrogens is 276 g/mol. The number of carbonyl (C=O) groups is 2. The van der Waals surface area contributed by atoms with Crippen LogP contribution in [0.25, 0.3) is 0 Å². The largest absolute Gasteiger partial charge is 0.348 e. The maximum atomic E-state index is 11.9. The molecule has 0 radical (unpaired) electrons. The molecule has 0 aromatic heterocycles. The molecule has 128 valence electrons. The Bertz CT molecular complexity index is 331. The third kappa shape index (κ3) is 7.81. The fraction of sp³-hybridized carbons (Fsp3) is 0.889. The maximum absolute atomic E-state index is 11.9. The van der Waals surface area contributed by atoms with Gasteiger partial charge in [-0.1, -0.05) is 65.2 Å². The Morgan fingerprint density at radius 2 is 1.55 bits per heavy atom. The lowest BCUT2D eigenvalue weighted by molar-refractivity contribution is -0.140. The monoisotopic (exact) mass is 310 g/mol. The Kier molecular flexibility index (Phi) is 9.93. The Balaban J connectivity index is 2.05. The smallest absolute Gasteiger partial charge is 0.309 e. The molecule has 1 saturated carbocycles. The maximum Gasteiger partial charge on any atom is 0.309 e. The zero-order valence-corrected chi connectivity index (χ0v) is 14.5. The van der Waals surface area contributed by atoms with Gasteiger partial charge < -0.3 is 10.6 Å². The second-order valence-electron chi connectivity index (χ2n) is 6.72. The molecule has 4 nitrogen and oxygen atoms in total. The highest BCUT2D eigenvalue weighted by atomic mass is 16.2. The van der Waals surface area contributed by atoms with Crippen molar-refractivity contribution in [2.24, 2.45) is 5.92 Å². The van der Waals surface area contributed by atoms with Crippen LogP contribution in [-0.2, 0) is 9.59 Å². The van der Waals surface area contributed by atoms with Gasteiger partial charge in [-0.2, -0.15) is 0 Å². The van der Waals surface area contributed by atoms with E-state index in [0.717, 1.165) is 32.1 Å². The SMILES string of the molecule is CCCCCCCCCNC(=O)C(=O)N[C@@H]1CCCC[C@@H]1C. The van der Waals surface area contributed by atoms with Crippen LogP contribution in [0.2, 0.25) is 0 Å². The van der Waals surface area contributed by atoms with Gasteiger partial charge in [0.25, 0.3) is 0 Å². The molecule has 2 N–H and O–H groups in total. The average Bonchev–Trinajstić information content (AvgIpc) is 2.52. The zero-order valence-electron chi connectivity index (χ0n) is 14.5. The lowest BCUT2D eigenvalue weighted by Gasteiger charge is -2.29. The second kappa shape index (κ2) is 11.5. The van der Waals surface area contributed by atoms with Crippen LogP contribution in [-0.4, -0.2) is 24.4 Å². The van der Waals surface area contributed by atoms with Crippen molar-refractivity contribution in [3.63, 3.8) is 0 Å².